The number of nitrogens with one attached hydrogen (secondary N) is 2. The minimum absolute atomic E-state index is 0.176. The zero-order chi connectivity index (χ0) is 17.9. The Morgan fingerprint density at radius 3 is 2.33 bits per heavy atom. The van der Waals surface area contributed by atoms with Crippen molar-refractivity contribution >= 4 is 23.7 Å². The van der Waals surface area contributed by atoms with Crippen molar-refractivity contribution in [2.45, 2.75) is 32.7 Å². The summed E-state index contributed by atoms with van der Waals surface area (Å²) < 4.78 is 0. The van der Waals surface area contributed by atoms with Crippen LogP contribution in [0.4, 0.5) is 0 Å². The van der Waals surface area contributed by atoms with E-state index in [1.165, 1.54) is 0 Å². The summed E-state index contributed by atoms with van der Waals surface area (Å²) in [5.74, 6) is -2.69. The van der Waals surface area contributed by atoms with E-state index in [1.54, 1.807) is 38.1 Å². The third kappa shape index (κ3) is 4.18. The van der Waals surface area contributed by atoms with Crippen molar-refractivity contribution < 1.29 is 24.3 Å². The molecule has 2 rings (SSSR count). The maximum absolute atomic E-state index is 12.1. The fraction of sp³-hybridized carbons (Fsp3) is 0.412. The molecule has 24 heavy (non-hydrogen) atoms. The smallest absolute Gasteiger partial charge is 0.326 e. The van der Waals surface area contributed by atoms with E-state index in [4.69, 9.17) is 5.11 Å². The molecule has 0 aromatic heterocycles. The number of carboxylic acid groups (broad SMARTS) is 1. The number of carboxylic acids is 1. The molecule has 1 aliphatic heterocycles. The van der Waals surface area contributed by atoms with Gasteiger partial charge in [-0.1, -0.05) is 26.0 Å². The standard InChI is InChI=1S/C17H20N2O5/c1-9(2)14(17(23)24)19-15(21)11-5-3-10(4-6-11)7-12-8-13(20)18-16(12)22/h3-6,9,12,14H,7-8H2,1-2H3,(H,19,21)(H,23,24)(H,18,20,22). The third-order valence-electron chi connectivity index (χ3n) is 3.98. The molecule has 2 atom stereocenters. The fourth-order valence-corrected chi connectivity index (χ4v) is 2.59. The van der Waals surface area contributed by atoms with Crippen molar-refractivity contribution in [2.75, 3.05) is 0 Å². The first-order valence-corrected chi connectivity index (χ1v) is 7.74. The minimum atomic E-state index is -1.08. The molecule has 0 radical (unpaired) electrons. The van der Waals surface area contributed by atoms with Crippen molar-refractivity contribution in [1.29, 1.82) is 0 Å². The van der Waals surface area contributed by atoms with Gasteiger partial charge in [0.2, 0.25) is 11.8 Å². The average molecular weight is 332 g/mol. The lowest BCUT2D eigenvalue weighted by molar-refractivity contribution is -0.140. The summed E-state index contributed by atoms with van der Waals surface area (Å²) in [5.41, 5.74) is 1.18. The molecule has 0 aliphatic carbocycles. The highest BCUT2D eigenvalue weighted by Gasteiger charge is 2.30. The molecule has 1 aliphatic rings. The van der Waals surface area contributed by atoms with Crippen LogP contribution in [-0.2, 0) is 20.8 Å². The highest BCUT2D eigenvalue weighted by molar-refractivity contribution is 6.03. The summed E-state index contributed by atoms with van der Waals surface area (Å²) in [4.78, 5) is 46.0. The maximum atomic E-state index is 12.1. The van der Waals surface area contributed by atoms with E-state index in [-0.39, 0.29) is 30.1 Å². The van der Waals surface area contributed by atoms with Crippen LogP contribution in [0.2, 0.25) is 0 Å². The second-order valence-corrected chi connectivity index (χ2v) is 6.25. The van der Waals surface area contributed by atoms with Crippen LogP contribution in [0, 0.1) is 11.8 Å². The van der Waals surface area contributed by atoms with Crippen molar-refractivity contribution in [3.63, 3.8) is 0 Å². The number of benzene rings is 1. The first-order valence-electron chi connectivity index (χ1n) is 7.74. The van der Waals surface area contributed by atoms with E-state index < -0.39 is 17.9 Å². The first kappa shape index (κ1) is 17.7. The zero-order valence-electron chi connectivity index (χ0n) is 13.5. The van der Waals surface area contributed by atoms with E-state index in [9.17, 15) is 19.2 Å². The number of carbonyl (C=O) groups is 4. The highest BCUT2D eigenvalue weighted by Crippen LogP contribution is 2.18. The Hall–Kier alpha value is -2.70. The van der Waals surface area contributed by atoms with Crippen molar-refractivity contribution in [2.24, 2.45) is 11.8 Å². The summed E-state index contributed by atoms with van der Waals surface area (Å²) in [7, 11) is 0. The topological polar surface area (TPSA) is 113 Å². The largest absolute Gasteiger partial charge is 0.480 e. The van der Waals surface area contributed by atoms with Crippen LogP contribution >= 0.6 is 0 Å². The van der Waals surface area contributed by atoms with Gasteiger partial charge in [0.05, 0.1) is 5.92 Å². The van der Waals surface area contributed by atoms with E-state index in [0.717, 1.165) is 5.56 Å². The van der Waals surface area contributed by atoms with Crippen LogP contribution in [0.3, 0.4) is 0 Å². The normalized spacial score (nSPS) is 18.4. The van der Waals surface area contributed by atoms with E-state index in [0.29, 0.717) is 12.0 Å². The van der Waals surface area contributed by atoms with Gasteiger partial charge in [0.25, 0.3) is 5.91 Å². The Morgan fingerprint density at radius 1 is 1.25 bits per heavy atom. The minimum Gasteiger partial charge on any atom is -0.480 e. The SMILES string of the molecule is CC(C)C(NC(=O)c1ccc(CC2CC(=O)NC2=O)cc1)C(=O)O. The molecular weight excluding hydrogens is 312 g/mol. The number of hydrogen-bond donors (Lipinski definition) is 3. The van der Waals surface area contributed by atoms with E-state index in [1.807, 2.05) is 0 Å². The monoisotopic (exact) mass is 332 g/mol. The van der Waals surface area contributed by atoms with Gasteiger partial charge in [0.1, 0.15) is 6.04 Å². The predicted molar refractivity (Wildman–Crippen MR) is 85.1 cm³/mol. The second kappa shape index (κ2) is 7.25. The van der Waals surface area contributed by atoms with Gasteiger partial charge in [-0.2, -0.15) is 0 Å². The summed E-state index contributed by atoms with van der Waals surface area (Å²) in [6, 6.07) is 5.62. The Bertz CT molecular complexity index is 666. The Labute approximate surface area is 139 Å². The lowest BCUT2D eigenvalue weighted by Gasteiger charge is -2.18. The molecule has 7 heteroatoms. The molecule has 1 aromatic rings. The van der Waals surface area contributed by atoms with Crippen molar-refractivity contribution in [3.8, 4) is 0 Å². The quantitative estimate of drug-likeness (QED) is 0.665. The van der Waals surface area contributed by atoms with Gasteiger partial charge in [0, 0.05) is 12.0 Å². The van der Waals surface area contributed by atoms with Gasteiger partial charge < -0.3 is 10.4 Å². The van der Waals surface area contributed by atoms with Gasteiger partial charge >= 0.3 is 5.97 Å². The third-order valence-corrected chi connectivity index (χ3v) is 3.98. The van der Waals surface area contributed by atoms with Crippen LogP contribution in [0.1, 0.15) is 36.2 Å². The fourth-order valence-electron chi connectivity index (χ4n) is 2.59. The lowest BCUT2D eigenvalue weighted by Crippen LogP contribution is -2.44. The van der Waals surface area contributed by atoms with Crippen LogP contribution in [0.15, 0.2) is 24.3 Å². The molecule has 0 saturated carbocycles. The summed E-state index contributed by atoms with van der Waals surface area (Å²) in [5, 5.41) is 13.9. The number of rotatable bonds is 6. The molecule has 0 bridgehead atoms. The molecule has 1 aromatic carbocycles. The van der Waals surface area contributed by atoms with Crippen LogP contribution < -0.4 is 10.6 Å². The maximum Gasteiger partial charge on any atom is 0.326 e. The van der Waals surface area contributed by atoms with E-state index >= 15 is 0 Å². The summed E-state index contributed by atoms with van der Waals surface area (Å²) >= 11 is 0. The molecule has 3 amide bonds. The number of amides is 3. The summed E-state index contributed by atoms with van der Waals surface area (Å²) in [6.07, 6.45) is 0.596. The van der Waals surface area contributed by atoms with Crippen LogP contribution in [0.5, 0.6) is 0 Å². The summed E-state index contributed by atoms with van der Waals surface area (Å²) in [6.45, 7) is 3.44. The Morgan fingerprint density at radius 2 is 1.88 bits per heavy atom. The molecule has 2 unspecified atom stereocenters. The van der Waals surface area contributed by atoms with Crippen molar-refractivity contribution in [1.82, 2.24) is 10.6 Å². The molecule has 128 valence electrons. The van der Waals surface area contributed by atoms with Gasteiger partial charge in [0.15, 0.2) is 0 Å². The lowest BCUT2D eigenvalue weighted by atomic mass is 9.97. The van der Waals surface area contributed by atoms with Crippen LogP contribution in [0.25, 0.3) is 0 Å². The predicted octanol–water partition coefficient (Wildman–Crippen LogP) is 0.731. The Kier molecular flexibility index (Phi) is 5.33. The molecule has 0 spiro atoms. The average Bonchev–Trinajstić information content (AvgIpc) is 2.82. The molecule has 1 heterocycles. The number of carbonyl (C=O) groups excluding carboxylic acids is 3. The molecule has 3 N–H and O–H groups in total. The number of imide groups is 1. The number of aliphatic carboxylic acids is 1. The Balaban J connectivity index is 2.01. The first-order chi connectivity index (χ1) is 11.3. The molecule has 7 nitrogen and oxygen atoms in total. The zero-order valence-corrected chi connectivity index (χ0v) is 13.5. The molecular formula is C17H20N2O5. The van der Waals surface area contributed by atoms with Gasteiger partial charge in [-0.15, -0.1) is 0 Å². The van der Waals surface area contributed by atoms with Gasteiger partial charge in [-0.05, 0) is 30.0 Å². The van der Waals surface area contributed by atoms with Crippen LogP contribution in [-0.4, -0.2) is 34.8 Å². The molecule has 1 fully saturated rings. The molecule has 1 saturated heterocycles. The van der Waals surface area contributed by atoms with Crippen molar-refractivity contribution in [3.05, 3.63) is 35.4 Å². The van der Waals surface area contributed by atoms with Gasteiger partial charge in [-0.3, -0.25) is 19.7 Å². The van der Waals surface area contributed by atoms with Gasteiger partial charge in [-0.25, -0.2) is 4.79 Å². The highest BCUT2D eigenvalue weighted by atomic mass is 16.4. The second-order valence-electron chi connectivity index (χ2n) is 6.25. The number of hydrogen-bond acceptors (Lipinski definition) is 4. The van der Waals surface area contributed by atoms with E-state index in [2.05, 4.69) is 10.6 Å².